The van der Waals surface area contributed by atoms with Crippen LogP contribution in [0.1, 0.15) is 17.2 Å². The molecular formula is C15H12Br2FNO2. The molecule has 21 heavy (non-hydrogen) atoms. The van der Waals surface area contributed by atoms with Crippen LogP contribution in [0, 0.1) is 5.82 Å². The standard InChI is InChI=1S/C15H12Br2FNO2/c16-11-2-1-8(18)5-9(11)15(19)10-6-13-14(7-12(10)17)21-4-3-20-13/h1-2,5-7,15H,3-4,19H2. The Morgan fingerprint density at radius 2 is 1.57 bits per heavy atom. The number of rotatable bonds is 2. The predicted octanol–water partition coefficient (Wildman–Crippen LogP) is 4.17. The van der Waals surface area contributed by atoms with E-state index in [1.807, 2.05) is 12.1 Å². The molecule has 2 aromatic carbocycles. The second-order valence-electron chi connectivity index (χ2n) is 4.66. The van der Waals surface area contributed by atoms with Crippen LogP contribution in [0.3, 0.4) is 0 Å². The van der Waals surface area contributed by atoms with Gasteiger partial charge in [-0.2, -0.15) is 0 Å². The van der Waals surface area contributed by atoms with Crippen LogP contribution < -0.4 is 15.2 Å². The van der Waals surface area contributed by atoms with Gasteiger partial charge >= 0.3 is 0 Å². The van der Waals surface area contributed by atoms with Gasteiger partial charge in [0, 0.05) is 8.95 Å². The molecule has 0 amide bonds. The van der Waals surface area contributed by atoms with E-state index in [1.54, 1.807) is 6.07 Å². The first-order chi connectivity index (χ1) is 10.1. The fraction of sp³-hybridized carbons (Fsp3) is 0.200. The molecule has 0 aliphatic carbocycles. The first kappa shape index (κ1) is 14.8. The van der Waals surface area contributed by atoms with E-state index in [4.69, 9.17) is 15.2 Å². The predicted molar refractivity (Wildman–Crippen MR) is 85.3 cm³/mol. The molecule has 0 radical (unpaired) electrons. The van der Waals surface area contributed by atoms with Crippen molar-refractivity contribution in [2.75, 3.05) is 13.2 Å². The molecule has 1 aliphatic rings. The van der Waals surface area contributed by atoms with E-state index in [0.717, 1.165) is 14.5 Å². The molecule has 0 saturated heterocycles. The molecule has 1 atom stereocenters. The van der Waals surface area contributed by atoms with E-state index in [2.05, 4.69) is 31.9 Å². The van der Waals surface area contributed by atoms with Gasteiger partial charge in [-0.1, -0.05) is 31.9 Å². The summed E-state index contributed by atoms with van der Waals surface area (Å²) in [4.78, 5) is 0. The largest absolute Gasteiger partial charge is 0.486 e. The normalized spacial score (nSPS) is 14.9. The van der Waals surface area contributed by atoms with Gasteiger partial charge in [0.05, 0.1) is 6.04 Å². The van der Waals surface area contributed by atoms with Gasteiger partial charge in [0.15, 0.2) is 11.5 Å². The van der Waals surface area contributed by atoms with E-state index in [9.17, 15) is 4.39 Å². The maximum absolute atomic E-state index is 13.5. The number of hydrogen-bond acceptors (Lipinski definition) is 3. The third-order valence-corrected chi connectivity index (χ3v) is 4.70. The van der Waals surface area contributed by atoms with E-state index < -0.39 is 6.04 Å². The maximum Gasteiger partial charge on any atom is 0.162 e. The summed E-state index contributed by atoms with van der Waals surface area (Å²) < 4.78 is 26.1. The molecule has 2 N–H and O–H groups in total. The van der Waals surface area contributed by atoms with Crippen molar-refractivity contribution in [2.45, 2.75) is 6.04 Å². The second kappa shape index (κ2) is 5.94. The molecule has 110 valence electrons. The zero-order chi connectivity index (χ0) is 15.0. The van der Waals surface area contributed by atoms with Gasteiger partial charge in [0.25, 0.3) is 0 Å². The summed E-state index contributed by atoms with van der Waals surface area (Å²) in [6.07, 6.45) is 0. The number of ether oxygens (including phenoxy) is 2. The molecule has 1 unspecified atom stereocenters. The molecule has 0 bridgehead atoms. The molecule has 0 spiro atoms. The molecule has 2 aromatic rings. The highest BCUT2D eigenvalue weighted by Crippen LogP contribution is 2.39. The lowest BCUT2D eigenvalue weighted by atomic mass is 9.99. The Hall–Kier alpha value is -1.11. The monoisotopic (exact) mass is 415 g/mol. The first-order valence-corrected chi connectivity index (χ1v) is 7.94. The van der Waals surface area contributed by atoms with Crippen LogP contribution in [-0.2, 0) is 0 Å². The summed E-state index contributed by atoms with van der Waals surface area (Å²) in [6.45, 7) is 1.03. The van der Waals surface area contributed by atoms with Gasteiger partial charge in [-0.3, -0.25) is 0 Å². The summed E-state index contributed by atoms with van der Waals surface area (Å²) in [5, 5.41) is 0. The number of hydrogen-bond donors (Lipinski definition) is 1. The minimum atomic E-state index is -0.486. The maximum atomic E-state index is 13.5. The Morgan fingerprint density at radius 1 is 0.952 bits per heavy atom. The smallest absolute Gasteiger partial charge is 0.162 e. The van der Waals surface area contributed by atoms with Crippen molar-refractivity contribution in [2.24, 2.45) is 5.73 Å². The fourth-order valence-electron chi connectivity index (χ4n) is 2.24. The molecule has 3 nitrogen and oxygen atoms in total. The highest BCUT2D eigenvalue weighted by molar-refractivity contribution is 9.10. The van der Waals surface area contributed by atoms with Crippen molar-refractivity contribution >= 4 is 31.9 Å². The lowest BCUT2D eigenvalue weighted by molar-refractivity contribution is 0.171. The van der Waals surface area contributed by atoms with Crippen LogP contribution in [0.4, 0.5) is 4.39 Å². The van der Waals surface area contributed by atoms with Gasteiger partial charge in [0.2, 0.25) is 0 Å². The summed E-state index contributed by atoms with van der Waals surface area (Å²) in [7, 11) is 0. The van der Waals surface area contributed by atoms with Crippen molar-refractivity contribution in [3.05, 3.63) is 56.2 Å². The summed E-state index contributed by atoms with van der Waals surface area (Å²) >= 11 is 6.90. The van der Waals surface area contributed by atoms with Crippen molar-refractivity contribution in [3.8, 4) is 11.5 Å². The number of nitrogens with two attached hydrogens (primary N) is 1. The molecule has 3 rings (SSSR count). The van der Waals surface area contributed by atoms with Gasteiger partial charge in [-0.15, -0.1) is 0 Å². The quantitative estimate of drug-likeness (QED) is 0.798. The Kier molecular flexibility index (Phi) is 4.19. The van der Waals surface area contributed by atoms with Crippen LogP contribution >= 0.6 is 31.9 Å². The minimum absolute atomic E-state index is 0.322. The highest BCUT2D eigenvalue weighted by atomic mass is 79.9. The van der Waals surface area contributed by atoms with E-state index in [-0.39, 0.29) is 5.82 Å². The van der Waals surface area contributed by atoms with Crippen molar-refractivity contribution in [1.82, 2.24) is 0 Å². The molecule has 0 aromatic heterocycles. The Bertz CT molecular complexity index is 694. The lowest BCUT2D eigenvalue weighted by Gasteiger charge is -2.22. The lowest BCUT2D eigenvalue weighted by Crippen LogP contribution is -2.18. The van der Waals surface area contributed by atoms with E-state index in [0.29, 0.717) is 30.3 Å². The zero-order valence-electron chi connectivity index (χ0n) is 10.9. The molecule has 6 heteroatoms. The van der Waals surface area contributed by atoms with Gasteiger partial charge in [0.1, 0.15) is 19.0 Å². The summed E-state index contributed by atoms with van der Waals surface area (Å²) in [6, 6.07) is 7.64. The van der Waals surface area contributed by atoms with Gasteiger partial charge < -0.3 is 15.2 Å². The molecular weight excluding hydrogens is 405 g/mol. The second-order valence-corrected chi connectivity index (χ2v) is 6.37. The molecule has 0 saturated carbocycles. The number of halogens is 3. The Balaban J connectivity index is 2.05. The van der Waals surface area contributed by atoms with E-state index in [1.165, 1.54) is 12.1 Å². The van der Waals surface area contributed by atoms with Crippen molar-refractivity contribution < 1.29 is 13.9 Å². The minimum Gasteiger partial charge on any atom is -0.486 e. The van der Waals surface area contributed by atoms with Crippen LogP contribution in [0.25, 0.3) is 0 Å². The summed E-state index contributed by atoms with van der Waals surface area (Å²) in [5.41, 5.74) is 7.78. The van der Waals surface area contributed by atoms with Crippen LogP contribution in [0.2, 0.25) is 0 Å². The Morgan fingerprint density at radius 3 is 2.29 bits per heavy atom. The Labute approximate surface area is 138 Å². The van der Waals surface area contributed by atoms with Crippen LogP contribution in [-0.4, -0.2) is 13.2 Å². The number of benzene rings is 2. The third-order valence-electron chi connectivity index (χ3n) is 3.29. The van der Waals surface area contributed by atoms with Crippen LogP contribution in [0.15, 0.2) is 39.3 Å². The van der Waals surface area contributed by atoms with Crippen molar-refractivity contribution in [1.29, 1.82) is 0 Å². The first-order valence-electron chi connectivity index (χ1n) is 6.36. The SMILES string of the molecule is NC(c1cc(F)ccc1Br)c1cc2c(cc1Br)OCCO2. The van der Waals surface area contributed by atoms with Crippen molar-refractivity contribution in [3.63, 3.8) is 0 Å². The van der Waals surface area contributed by atoms with Gasteiger partial charge in [-0.05, 0) is 41.5 Å². The fourth-order valence-corrected chi connectivity index (χ4v) is 3.30. The topological polar surface area (TPSA) is 44.5 Å². The summed E-state index contributed by atoms with van der Waals surface area (Å²) in [5.74, 6) is 1.02. The number of fused-ring (bicyclic) bond motifs is 1. The average molecular weight is 417 g/mol. The third kappa shape index (κ3) is 2.93. The van der Waals surface area contributed by atoms with Gasteiger partial charge in [-0.25, -0.2) is 4.39 Å². The molecule has 1 aliphatic heterocycles. The highest BCUT2D eigenvalue weighted by Gasteiger charge is 2.21. The van der Waals surface area contributed by atoms with Crippen LogP contribution in [0.5, 0.6) is 11.5 Å². The zero-order valence-corrected chi connectivity index (χ0v) is 14.1. The van der Waals surface area contributed by atoms with E-state index >= 15 is 0 Å². The molecule has 0 fully saturated rings. The average Bonchev–Trinajstić information content (AvgIpc) is 2.48. The molecule has 1 heterocycles.